The molecule has 2 aromatic rings. The molecular formula is C16H26N4. The van der Waals surface area contributed by atoms with Gasteiger partial charge in [-0.1, -0.05) is 19.9 Å². The SMILES string of the molecule is CCN(CC)CCCCNc1nc2ccc(C)cc2[nH]1. The zero-order chi connectivity index (χ0) is 14.4. The highest BCUT2D eigenvalue weighted by molar-refractivity contribution is 5.78. The van der Waals surface area contributed by atoms with Crippen molar-refractivity contribution in [3.63, 3.8) is 0 Å². The molecule has 0 amide bonds. The molecule has 0 fully saturated rings. The molecule has 1 aromatic heterocycles. The number of benzene rings is 1. The van der Waals surface area contributed by atoms with Crippen LogP contribution in [0, 0.1) is 6.92 Å². The van der Waals surface area contributed by atoms with Gasteiger partial charge in [-0.3, -0.25) is 0 Å². The number of unbranched alkanes of at least 4 members (excludes halogenated alkanes) is 1. The van der Waals surface area contributed by atoms with Gasteiger partial charge in [0.05, 0.1) is 11.0 Å². The molecule has 0 saturated heterocycles. The van der Waals surface area contributed by atoms with E-state index >= 15 is 0 Å². The van der Waals surface area contributed by atoms with Crippen LogP contribution in [-0.2, 0) is 0 Å². The van der Waals surface area contributed by atoms with Crippen LogP contribution in [0.1, 0.15) is 32.3 Å². The smallest absolute Gasteiger partial charge is 0.201 e. The summed E-state index contributed by atoms with van der Waals surface area (Å²) in [7, 11) is 0. The fourth-order valence-corrected chi connectivity index (χ4v) is 2.41. The minimum Gasteiger partial charge on any atom is -0.356 e. The Kier molecular flexibility index (Phi) is 5.41. The summed E-state index contributed by atoms with van der Waals surface area (Å²) in [4.78, 5) is 10.3. The van der Waals surface area contributed by atoms with Crippen molar-refractivity contribution >= 4 is 17.0 Å². The third kappa shape index (κ3) is 3.97. The number of nitrogens with one attached hydrogen (secondary N) is 2. The second-order valence-corrected chi connectivity index (χ2v) is 5.27. The van der Waals surface area contributed by atoms with Crippen molar-refractivity contribution in [2.45, 2.75) is 33.6 Å². The molecule has 1 aromatic carbocycles. The van der Waals surface area contributed by atoms with Crippen LogP contribution in [0.25, 0.3) is 11.0 Å². The number of anilines is 1. The number of aromatic amines is 1. The van der Waals surface area contributed by atoms with Gasteiger partial charge < -0.3 is 15.2 Å². The average molecular weight is 274 g/mol. The maximum Gasteiger partial charge on any atom is 0.201 e. The molecular weight excluding hydrogens is 248 g/mol. The molecule has 0 aliphatic heterocycles. The van der Waals surface area contributed by atoms with Crippen molar-refractivity contribution in [2.24, 2.45) is 0 Å². The van der Waals surface area contributed by atoms with E-state index < -0.39 is 0 Å². The number of fused-ring (bicyclic) bond motifs is 1. The van der Waals surface area contributed by atoms with Crippen molar-refractivity contribution in [3.05, 3.63) is 23.8 Å². The Morgan fingerprint density at radius 1 is 1.20 bits per heavy atom. The summed E-state index contributed by atoms with van der Waals surface area (Å²) in [5.41, 5.74) is 3.39. The lowest BCUT2D eigenvalue weighted by Gasteiger charge is -2.17. The average Bonchev–Trinajstić information content (AvgIpc) is 2.84. The fraction of sp³-hybridized carbons (Fsp3) is 0.562. The number of aryl methyl sites for hydroxylation is 1. The van der Waals surface area contributed by atoms with Crippen LogP contribution in [0.15, 0.2) is 18.2 Å². The first-order valence-electron chi connectivity index (χ1n) is 7.65. The summed E-state index contributed by atoms with van der Waals surface area (Å²) in [5.74, 6) is 0.883. The van der Waals surface area contributed by atoms with Crippen LogP contribution in [0.3, 0.4) is 0 Å². The number of nitrogens with zero attached hydrogens (tertiary/aromatic N) is 2. The van der Waals surface area contributed by atoms with Crippen molar-refractivity contribution in [1.82, 2.24) is 14.9 Å². The molecule has 0 aliphatic carbocycles. The Labute approximate surface area is 121 Å². The number of aromatic nitrogens is 2. The summed E-state index contributed by atoms with van der Waals surface area (Å²) in [6.45, 7) is 11.0. The molecule has 0 aliphatic rings. The lowest BCUT2D eigenvalue weighted by molar-refractivity contribution is 0.298. The van der Waals surface area contributed by atoms with Crippen LogP contribution in [0.2, 0.25) is 0 Å². The third-order valence-corrected chi connectivity index (χ3v) is 3.73. The second-order valence-electron chi connectivity index (χ2n) is 5.27. The van der Waals surface area contributed by atoms with E-state index in [0.29, 0.717) is 0 Å². The molecule has 0 saturated carbocycles. The second kappa shape index (κ2) is 7.29. The highest BCUT2D eigenvalue weighted by Crippen LogP contribution is 2.15. The first-order valence-corrected chi connectivity index (χ1v) is 7.65. The molecule has 1 heterocycles. The lowest BCUT2D eigenvalue weighted by atomic mass is 10.2. The first kappa shape index (κ1) is 14.9. The normalized spacial score (nSPS) is 11.4. The van der Waals surface area contributed by atoms with Gasteiger partial charge in [0.2, 0.25) is 5.95 Å². The summed E-state index contributed by atoms with van der Waals surface area (Å²) >= 11 is 0. The minimum absolute atomic E-state index is 0.883. The van der Waals surface area contributed by atoms with Gasteiger partial charge in [-0.2, -0.15) is 0 Å². The van der Waals surface area contributed by atoms with Crippen molar-refractivity contribution < 1.29 is 0 Å². The zero-order valence-corrected chi connectivity index (χ0v) is 12.9. The lowest BCUT2D eigenvalue weighted by Crippen LogP contribution is -2.24. The van der Waals surface area contributed by atoms with E-state index in [2.05, 4.69) is 59.2 Å². The van der Waals surface area contributed by atoms with Crippen molar-refractivity contribution in [2.75, 3.05) is 31.5 Å². The summed E-state index contributed by atoms with van der Waals surface area (Å²) < 4.78 is 0. The largest absolute Gasteiger partial charge is 0.356 e. The number of hydrogen-bond acceptors (Lipinski definition) is 3. The number of H-pyrrole nitrogens is 1. The van der Waals surface area contributed by atoms with Crippen LogP contribution in [0.4, 0.5) is 5.95 Å². The predicted octanol–water partition coefficient (Wildman–Crippen LogP) is 3.41. The quantitative estimate of drug-likeness (QED) is 0.725. The number of rotatable bonds is 8. The van der Waals surface area contributed by atoms with E-state index in [1.165, 1.54) is 24.9 Å². The van der Waals surface area contributed by atoms with E-state index in [4.69, 9.17) is 0 Å². The Hall–Kier alpha value is -1.55. The predicted molar refractivity (Wildman–Crippen MR) is 86.3 cm³/mol. The molecule has 0 radical (unpaired) electrons. The van der Waals surface area contributed by atoms with E-state index in [9.17, 15) is 0 Å². The summed E-state index contributed by atoms with van der Waals surface area (Å²) in [5, 5.41) is 3.38. The van der Waals surface area contributed by atoms with Crippen molar-refractivity contribution in [1.29, 1.82) is 0 Å². The van der Waals surface area contributed by atoms with E-state index in [1.807, 2.05) is 0 Å². The molecule has 0 atom stereocenters. The summed E-state index contributed by atoms with van der Waals surface area (Å²) in [6, 6.07) is 6.29. The van der Waals surface area contributed by atoms with Crippen LogP contribution in [-0.4, -0.2) is 41.0 Å². The monoisotopic (exact) mass is 274 g/mol. The highest BCUT2D eigenvalue weighted by Gasteiger charge is 2.02. The highest BCUT2D eigenvalue weighted by atomic mass is 15.1. The van der Waals surface area contributed by atoms with Gasteiger partial charge in [0, 0.05) is 6.54 Å². The molecule has 110 valence electrons. The molecule has 20 heavy (non-hydrogen) atoms. The molecule has 0 bridgehead atoms. The maximum atomic E-state index is 4.54. The van der Waals surface area contributed by atoms with Gasteiger partial charge in [-0.15, -0.1) is 0 Å². The maximum absolute atomic E-state index is 4.54. The molecule has 4 nitrogen and oxygen atoms in total. The Morgan fingerprint density at radius 2 is 2.00 bits per heavy atom. The van der Waals surface area contributed by atoms with Crippen LogP contribution >= 0.6 is 0 Å². The topological polar surface area (TPSA) is 44.0 Å². The van der Waals surface area contributed by atoms with Crippen LogP contribution < -0.4 is 5.32 Å². The molecule has 2 N–H and O–H groups in total. The fourth-order valence-electron chi connectivity index (χ4n) is 2.41. The van der Waals surface area contributed by atoms with Crippen molar-refractivity contribution in [3.8, 4) is 0 Å². The van der Waals surface area contributed by atoms with E-state index in [0.717, 1.165) is 36.6 Å². The third-order valence-electron chi connectivity index (χ3n) is 3.73. The van der Waals surface area contributed by atoms with Gasteiger partial charge in [-0.05, 0) is 57.1 Å². The van der Waals surface area contributed by atoms with Crippen LogP contribution in [0.5, 0.6) is 0 Å². The van der Waals surface area contributed by atoms with Gasteiger partial charge in [-0.25, -0.2) is 4.98 Å². The number of hydrogen-bond donors (Lipinski definition) is 2. The Balaban J connectivity index is 1.75. The minimum atomic E-state index is 0.883. The van der Waals surface area contributed by atoms with E-state index in [-0.39, 0.29) is 0 Å². The van der Waals surface area contributed by atoms with Gasteiger partial charge in [0.1, 0.15) is 0 Å². The first-order chi connectivity index (χ1) is 9.72. The Morgan fingerprint density at radius 3 is 2.75 bits per heavy atom. The van der Waals surface area contributed by atoms with Gasteiger partial charge >= 0.3 is 0 Å². The molecule has 0 spiro atoms. The molecule has 4 heteroatoms. The van der Waals surface area contributed by atoms with E-state index in [1.54, 1.807) is 0 Å². The Bertz CT molecular complexity index is 528. The molecule has 2 rings (SSSR count). The van der Waals surface area contributed by atoms with Gasteiger partial charge in [0.15, 0.2) is 0 Å². The zero-order valence-electron chi connectivity index (χ0n) is 12.9. The van der Waals surface area contributed by atoms with Gasteiger partial charge in [0.25, 0.3) is 0 Å². The number of imidazole rings is 1. The standard InChI is InChI=1S/C16H26N4/c1-4-20(5-2)11-7-6-10-17-16-18-14-9-8-13(3)12-15(14)19-16/h8-9,12H,4-7,10-11H2,1-3H3,(H2,17,18,19). The summed E-state index contributed by atoms with van der Waals surface area (Å²) in [6.07, 6.45) is 2.40. The molecule has 0 unspecified atom stereocenters.